The summed E-state index contributed by atoms with van der Waals surface area (Å²) in [6, 6.07) is 12.1. The van der Waals surface area contributed by atoms with Gasteiger partial charge in [0.2, 0.25) is 0 Å². The topological polar surface area (TPSA) is 54.5 Å². The van der Waals surface area contributed by atoms with Crippen molar-refractivity contribution in [3.8, 4) is 5.75 Å². The lowest BCUT2D eigenvalue weighted by Crippen LogP contribution is -2.54. The van der Waals surface area contributed by atoms with Gasteiger partial charge < -0.3 is 9.64 Å². The Morgan fingerprint density at radius 1 is 1.21 bits per heavy atom. The number of hydrogen-bond donors (Lipinski definition) is 1. The van der Waals surface area contributed by atoms with Gasteiger partial charge in [-0.05, 0) is 54.9 Å². The highest BCUT2D eigenvalue weighted by Crippen LogP contribution is 2.49. The van der Waals surface area contributed by atoms with Crippen molar-refractivity contribution in [1.82, 2.24) is 9.71 Å². The van der Waals surface area contributed by atoms with Crippen LogP contribution in [0.25, 0.3) is 0 Å². The van der Waals surface area contributed by atoms with E-state index in [0.29, 0.717) is 0 Å². The predicted molar refractivity (Wildman–Crippen MR) is 117 cm³/mol. The number of para-hydroxylation sites is 1. The second-order valence-electron chi connectivity index (χ2n) is 8.46. The molecule has 2 aliphatic heterocycles. The van der Waals surface area contributed by atoms with Crippen molar-refractivity contribution in [2.24, 2.45) is 0 Å². The molecule has 1 saturated heterocycles. The van der Waals surface area contributed by atoms with Crippen LogP contribution in [-0.4, -0.2) is 32.6 Å². The highest BCUT2D eigenvalue weighted by molar-refractivity contribution is 9.10. The van der Waals surface area contributed by atoms with Gasteiger partial charge in [0.15, 0.2) is 0 Å². The molecule has 28 heavy (non-hydrogen) atoms. The smallest absolute Gasteiger partial charge is 0.133 e. The Kier molecular flexibility index (Phi) is 5.27. The first-order valence-electron chi connectivity index (χ1n) is 9.61. The molecule has 2 aromatic rings. The summed E-state index contributed by atoms with van der Waals surface area (Å²) < 4.78 is 23.3. The molecule has 7 heteroatoms. The summed E-state index contributed by atoms with van der Waals surface area (Å²) in [5, 5.41) is 0. The summed E-state index contributed by atoms with van der Waals surface area (Å²) >= 11 is 3.39. The molecule has 1 aromatic heterocycles. The summed E-state index contributed by atoms with van der Waals surface area (Å²) in [6.45, 7) is 7.73. The van der Waals surface area contributed by atoms with Crippen LogP contribution in [0, 0.1) is 0 Å². The summed E-state index contributed by atoms with van der Waals surface area (Å²) in [7, 11) is -1.17. The lowest BCUT2D eigenvalue weighted by atomic mass is 9.83. The molecule has 0 aliphatic carbocycles. The Morgan fingerprint density at radius 3 is 2.57 bits per heavy atom. The van der Waals surface area contributed by atoms with Gasteiger partial charge in [-0.3, -0.25) is 0 Å². The fourth-order valence-electron chi connectivity index (χ4n) is 3.92. The van der Waals surface area contributed by atoms with Crippen molar-refractivity contribution in [2.45, 2.75) is 50.0 Å². The van der Waals surface area contributed by atoms with E-state index >= 15 is 0 Å². The monoisotopic (exact) mass is 463 g/mol. The van der Waals surface area contributed by atoms with E-state index in [1.807, 2.05) is 51.2 Å². The first-order valence-corrected chi connectivity index (χ1v) is 11.6. The minimum absolute atomic E-state index is 0.0750. The normalized spacial score (nSPS) is 22.0. The number of piperidine rings is 1. The van der Waals surface area contributed by atoms with Gasteiger partial charge in [-0.15, -0.1) is 0 Å². The van der Waals surface area contributed by atoms with E-state index in [9.17, 15) is 4.21 Å². The third-order valence-electron chi connectivity index (χ3n) is 5.54. The molecule has 0 saturated carbocycles. The molecule has 0 amide bonds. The molecule has 1 unspecified atom stereocenters. The van der Waals surface area contributed by atoms with E-state index in [-0.39, 0.29) is 16.4 Å². The van der Waals surface area contributed by atoms with E-state index < -0.39 is 11.0 Å². The van der Waals surface area contributed by atoms with Crippen LogP contribution in [0.4, 0.5) is 5.69 Å². The SMILES string of the molecule is CC(C)(C)S(=O)N[C@@H]1c2ccccc2OC12CCN(c1ccc(Br)nc1)CC2. The van der Waals surface area contributed by atoms with Gasteiger partial charge in [-0.2, -0.15) is 0 Å². The molecule has 0 bridgehead atoms. The molecule has 3 heterocycles. The Balaban J connectivity index is 1.57. The second-order valence-corrected chi connectivity index (χ2v) is 11.3. The highest BCUT2D eigenvalue weighted by Gasteiger charge is 2.51. The lowest BCUT2D eigenvalue weighted by molar-refractivity contribution is 0.0385. The molecule has 150 valence electrons. The molecular formula is C21H26BrN3O2S. The average Bonchev–Trinajstić information content (AvgIpc) is 2.95. The third-order valence-corrected chi connectivity index (χ3v) is 7.57. The molecular weight excluding hydrogens is 438 g/mol. The van der Waals surface area contributed by atoms with Gasteiger partial charge >= 0.3 is 0 Å². The van der Waals surface area contributed by atoms with E-state index in [2.05, 4.69) is 42.7 Å². The first-order chi connectivity index (χ1) is 13.3. The van der Waals surface area contributed by atoms with Crippen molar-refractivity contribution in [2.75, 3.05) is 18.0 Å². The number of benzene rings is 1. The minimum atomic E-state index is -1.17. The number of halogens is 1. The molecule has 4 rings (SSSR count). The van der Waals surface area contributed by atoms with Gasteiger partial charge in [0.25, 0.3) is 0 Å². The predicted octanol–water partition coefficient (Wildman–Crippen LogP) is 4.37. The molecule has 1 fully saturated rings. The summed E-state index contributed by atoms with van der Waals surface area (Å²) in [5.74, 6) is 0.907. The lowest BCUT2D eigenvalue weighted by Gasteiger charge is -2.43. The molecule has 1 aromatic carbocycles. The van der Waals surface area contributed by atoms with Gasteiger partial charge in [0, 0.05) is 31.5 Å². The number of rotatable bonds is 3. The average molecular weight is 464 g/mol. The van der Waals surface area contributed by atoms with Crippen molar-refractivity contribution >= 4 is 32.6 Å². The number of hydrogen-bond acceptors (Lipinski definition) is 4. The van der Waals surface area contributed by atoms with E-state index in [1.54, 1.807) is 0 Å². The number of fused-ring (bicyclic) bond motifs is 1. The van der Waals surface area contributed by atoms with Gasteiger partial charge in [0.1, 0.15) is 16.0 Å². The zero-order valence-corrected chi connectivity index (χ0v) is 18.8. The fraction of sp³-hybridized carbons (Fsp3) is 0.476. The van der Waals surface area contributed by atoms with Crippen LogP contribution in [0.5, 0.6) is 5.75 Å². The van der Waals surface area contributed by atoms with Crippen LogP contribution >= 0.6 is 15.9 Å². The third kappa shape index (κ3) is 3.72. The zero-order valence-electron chi connectivity index (χ0n) is 16.4. The molecule has 5 nitrogen and oxygen atoms in total. The standard InChI is InChI=1S/C21H26BrN3O2S/c1-20(2,3)28(26)24-19-16-6-4-5-7-17(16)27-21(19)10-12-25(13-11-21)15-8-9-18(22)23-14-15/h4-9,14,19,24H,10-13H2,1-3H3/t19-,28?/m1/s1. The Labute approximate surface area is 177 Å². The summed E-state index contributed by atoms with van der Waals surface area (Å²) in [4.78, 5) is 6.69. The maximum Gasteiger partial charge on any atom is 0.133 e. The Bertz CT molecular complexity index is 874. The first kappa shape index (κ1) is 19.9. The van der Waals surface area contributed by atoms with Crippen molar-refractivity contribution < 1.29 is 8.95 Å². The quantitative estimate of drug-likeness (QED) is 0.686. The Morgan fingerprint density at radius 2 is 1.93 bits per heavy atom. The van der Waals surface area contributed by atoms with Gasteiger partial charge in [0.05, 0.1) is 33.7 Å². The molecule has 2 atom stereocenters. The minimum Gasteiger partial charge on any atom is -0.485 e. The van der Waals surface area contributed by atoms with Gasteiger partial charge in [-0.1, -0.05) is 18.2 Å². The largest absolute Gasteiger partial charge is 0.485 e. The van der Waals surface area contributed by atoms with Crippen LogP contribution in [0.3, 0.4) is 0 Å². The van der Waals surface area contributed by atoms with Crippen molar-refractivity contribution in [3.63, 3.8) is 0 Å². The number of nitrogens with zero attached hydrogens (tertiary/aromatic N) is 2. The van der Waals surface area contributed by atoms with E-state index in [4.69, 9.17) is 4.74 Å². The number of aromatic nitrogens is 1. The van der Waals surface area contributed by atoms with Crippen LogP contribution in [0.2, 0.25) is 0 Å². The van der Waals surface area contributed by atoms with Crippen molar-refractivity contribution in [3.05, 3.63) is 52.8 Å². The Hall–Kier alpha value is -1.44. The molecule has 2 aliphatic rings. The van der Waals surface area contributed by atoms with Crippen LogP contribution in [0.15, 0.2) is 47.2 Å². The molecule has 0 radical (unpaired) electrons. The van der Waals surface area contributed by atoms with Crippen LogP contribution < -0.4 is 14.4 Å². The number of nitrogens with one attached hydrogen (secondary N) is 1. The maximum absolute atomic E-state index is 12.9. The van der Waals surface area contributed by atoms with E-state index in [0.717, 1.165) is 47.5 Å². The zero-order chi connectivity index (χ0) is 19.9. The van der Waals surface area contributed by atoms with Gasteiger partial charge in [-0.25, -0.2) is 13.9 Å². The van der Waals surface area contributed by atoms with Crippen LogP contribution in [0.1, 0.15) is 45.2 Å². The highest BCUT2D eigenvalue weighted by atomic mass is 79.9. The number of anilines is 1. The fourth-order valence-corrected chi connectivity index (χ4v) is 5.06. The number of pyridine rings is 1. The molecule has 1 N–H and O–H groups in total. The maximum atomic E-state index is 12.9. The van der Waals surface area contributed by atoms with Crippen LogP contribution in [-0.2, 0) is 11.0 Å². The van der Waals surface area contributed by atoms with E-state index in [1.165, 1.54) is 0 Å². The number of ether oxygens (including phenoxy) is 1. The summed E-state index contributed by atoms with van der Waals surface area (Å²) in [6.07, 6.45) is 3.62. The second kappa shape index (κ2) is 7.43. The summed E-state index contributed by atoms with van der Waals surface area (Å²) in [5.41, 5.74) is 1.86. The molecule has 1 spiro atoms. The van der Waals surface area contributed by atoms with Crippen molar-refractivity contribution in [1.29, 1.82) is 0 Å².